The van der Waals surface area contributed by atoms with E-state index in [2.05, 4.69) is 25.0 Å². The van der Waals surface area contributed by atoms with E-state index in [0.29, 0.717) is 30.4 Å². The van der Waals surface area contributed by atoms with E-state index < -0.39 is 25.9 Å². The number of fused-ring (bicyclic) bond motifs is 1. The molecule has 2 atom stereocenters. The molecule has 11 nitrogen and oxygen atoms in total. The first-order valence-electron chi connectivity index (χ1n) is 11.8. The number of benzene rings is 1. The fourth-order valence-electron chi connectivity index (χ4n) is 4.48. The van der Waals surface area contributed by atoms with Crippen molar-refractivity contribution in [1.82, 2.24) is 29.9 Å². The summed E-state index contributed by atoms with van der Waals surface area (Å²) in [6.07, 6.45) is 3.45. The van der Waals surface area contributed by atoms with Crippen molar-refractivity contribution >= 4 is 37.1 Å². The quantitative estimate of drug-likeness (QED) is 0.419. The highest BCUT2D eigenvalue weighted by atomic mass is 32.2. The summed E-state index contributed by atoms with van der Waals surface area (Å²) in [6, 6.07) is 7.23. The third-order valence-corrected chi connectivity index (χ3v) is 10.2. The molecule has 2 fully saturated rings. The lowest BCUT2D eigenvalue weighted by molar-refractivity contribution is 0.195. The van der Waals surface area contributed by atoms with Crippen LogP contribution in [0.5, 0.6) is 0 Å². The molecule has 2 amide bonds. The van der Waals surface area contributed by atoms with E-state index in [1.807, 2.05) is 6.92 Å². The highest BCUT2D eigenvalue weighted by molar-refractivity contribution is 7.91. The van der Waals surface area contributed by atoms with Gasteiger partial charge < -0.3 is 15.2 Å². The van der Waals surface area contributed by atoms with E-state index >= 15 is 0 Å². The SMILES string of the molecule is Cc1cccc(S(=O)(=O)c2nc3[nH]ccc3nc2CNC(=O)N2C[C@@H](NS(=O)(=O)C3CC3)C[C@H]2C)c1. The van der Waals surface area contributed by atoms with Crippen LogP contribution in [-0.2, 0) is 26.4 Å². The van der Waals surface area contributed by atoms with Gasteiger partial charge in [-0.05, 0) is 56.9 Å². The van der Waals surface area contributed by atoms with Crippen molar-refractivity contribution in [2.24, 2.45) is 0 Å². The molecular formula is C23H28N6O5S2. The Bertz CT molecular complexity index is 1530. The second-order valence-electron chi connectivity index (χ2n) is 9.46. The molecule has 5 rings (SSSR count). The largest absolute Gasteiger partial charge is 0.345 e. The van der Waals surface area contributed by atoms with Crippen molar-refractivity contribution in [2.75, 3.05) is 6.54 Å². The third-order valence-electron chi connectivity index (χ3n) is 6.51. The standard InChI is InChI=1S/C23H28N6O5S2/c1-14-4-3-5-18(10-14)35(31,32)22-20(26-19-8-9-24-21(19)27-22)12-25-23(30)29-13-16(11-15(29)2)28-36(33,34)17-6-7-17/h3-5,8-10,15-17,28H,6-7,11-13H2,1-2H3,(H,24,27)(H,25,30)/t15-,16+/m1/s1. The molecule has 0 unspecified atom stereocenters. The molecular weight excluding hydrogens is 504 g/mol. The smallest absolute Gasteiger partial charge is 0.318 e. The first kappa shape index (κ1) is 24.7. The molecule has 2 aromatic heterocycles. The van der Waals surface area contributed by atoms with Crippen molar-refractivity contribution in [3.05, 3.63) is 47.8 Å². The van der Waals surface area contributed by atoms with Crippen LogP contribution in [0.4, 0.5) is 4.79 Å². The number of sulfone groups is 1. The summed E-state index contributed by atoms with van der Waals surface area (Å²) < 4.78 is 54.2. The number of aryl methyl sites for hydroxylation is 1. The molecule has 1 saturated heterocycles. The molecule has 192 valence electrons. The normalized spacial score (nSPS) is 20.7. The van der Waals surface area contributed by atoms with Gasteiger partial charge in [0.1, 0.15) is 5.52 Å². The van der Waals surface area contributed by atoms with Crippen LogP contribution in [0.25, 0.3) is 11.2 Å². The molecule has 0 radical (unpaired) electrons. The van der Waals surface area contributed by atoms with Crippen molar-refractivity contribution in [3.8, 4) is 0 Å². The number of likely N-dealkylation sites (tertiary alicyclic amines) is 1. The summed E-state index contributed by atoms with van der Waals surface area (Å²) in [5, 5.41) is 2.20. The Morgan fingerprint density at radius 1 is 1.17 bits per heavy atom. The number of rotatable bonds is 7. The number of urea groups is 1. The van der Waals surface area contributed by atoms with Crippen molar-refractivity contribution in [3.63, 3.8) is 0 Å². The highest BCUT2D eigenvalue weighted by Crippen LogP contribution is 2.29. The molecule has 1 saturated carbocycles. The second-order valence-corrected chi connectivity index (χ2v) is 13.3. The van der Waals surface area contributed by atoms with Gasteiger partial charge >= 0.3 is 6.03 Å². The zero-order valence-electron chi connectivity index (χ0n) is 19.9. The van der Waals surface area contributed by atoms with Gasteiger partial charge in [0.2, 0.25) is 19.9 Å². The Balaban J connectivity index is 1.35. The average molecular weight is 533 g/mol. The number of nitrogens with one attached hydrogen (secondary N) is 3. The predicted molar refractivity (Wildman–Crippen MR) is 132 cm³/mol. The van der Waals surface area contributed by atoms with Crippen LogP contribution < -0.4 is 10.0 Å². The summed E-state index contributed by atoms with van der Waals surface area (Å²) in [5.41, 5.74) is 1.71. The van der Waals surface area contributed by atoms with Crippen LogP contribution in [0.1, 0.15) is 37.4 Å². The van der Waals surface area contributed by atoms with Gasteiger partial charge in [0.25, 0.3) is 0 Å². The molecule has 13 heteroatoms. The number of nitrogens with zero attached hydrogens (tertiary/aromatic N) is 3. The lowest BCUT2D eigenvalue weighted by atomic mass is 10.2. The highest BCUT2D eigenvalue weighted by Gasteiger charge is 2.40. The lowest BCUT2D eigenvalue weighted by Crippen LogP contribution is -2.44. The number of amides is 2. The number of carbonyl (C=O) groups is 1. The van der Waals surface area contributed by atoms with Crippen molar-refractivity contribution < 1.29 is 21.6 Å². The Hall–Kier alpha value is -3.03. The van der Waals surface area contributed by atoms with Crippen LogP contribution in [0.15, 0.2) is 46.5 Å². The van der Waals surface area contributed by atoms with Gasteiger partial charge in [0, 0.05) is 24.8 Å². The van der Waals surface area contributed by atoms with Gasteiger partial charge in [0.15, 0.2) is 10.7 Å². The summed E-state index contributed by atoms with van der Waals surface area (Å²) >= 11 is 0. The molecule has 3 N–H and O–H groups in total. The van der Waals surface area contributed by atoms with Gasteiger partial charge in [-0.3, -0.25) is 0 Å². The molecule has 36 heavy (non-hydrogen) atoms. The van der Waals surface area contributed by atoms with E-state index in [-0.39, 0.29) is 46.0 Å². The number of sulfonamides is 1. The fourth-order valence-corrected chi connectivity index (χ4v) is 7.53. The second kappa shape index (κ2) is 9.12. The number of hydrogen-bond donors (Lipinski definition) is 3. The minimum Gasteiger partial charge on any atom is -0.345 e. The summed E-state index contributed by atoms with van der Waals surface area (Å²) in [7, 11) is -7.37. The fraction of sp³-hybridized carbons (Fsp3) is 0.435. The van der Waals surface area contributed by atoms with E-state index in [4.69, 9.17) is 0 Å². The molecule has 3 aromatic rings. The number of aromatic nitrogens is 3. The zero-order valence-corrected chi connectivity index (χ0v) is 21.6. The Kier molecular flexibility index (Phi) is 6.25. The topological polar surface area (TPSA) is 154 Å². The van der Waals surface area contributed by atoms with Gasteiger partial charge in [-0.15, -0.1) is 0 Å². The third kappa shape index (κ3) is 4.82. The monoisotopic (exact) mass is 532 g/mol. The first-order valence-corrected chi connectivity index (χ1v) is 14.8. The number of hydrogen-bond acceptors (Lipinski definition) is 7. The first-order chi connectivity index (χ1) is 17.0. The Labute approximate surface area is 209 Å². The maximum absolute atomic E-state index is 13.5. The number of carbonyl (C=O) groups excluding carboxylic acids is 1. The molecule has 1 aliphatic heterocycles. The maximum atomic E-state index is 13.5. The van der Waals surface area contributed by atoms with Gasteiger partial charge in [-0.1, -0.05) is 12.1 Å². The molecule has 1 aromatic carbocycles. The number of aromatic amines is 1. The summed E-state index contributed by atoms with van der Waals surface area (Å²) in [5.74, 6) is 0. The van der Waals surface area contributed by atoms with E-state index in [1.54, 1.807) is 42.3 Å². The summed E-state index contributed by atoms with van der Waals surface area (Å²) in [4.78, 5) is 26.3. The minimum atomic E-state index is -4.01. The molecule has 3 heterocycles. The van der Waals surface area contributed by atoms with Gasteiger partial charge in [-0.25, -0.2) is 36.3 Å². The minimum absolute atomic E-state index is 0.0919. The molecule has 1 aliphatic carbocycles. The van der Waals surface area contributed by atoms with Crippen LogP contribution >= 0.6 is 0 Å². The molecule has 0 spiro atoms. The van der Waals surface area contributed by atoms with Crippen LogP contribution in [0.2, 0.25) is 0 Å². The molecule has 0 bridgehead atoms. The zero-order chi connectivity index (χ0) is 25.7. The Morgan fingerprint density at radius 2 is 1.94 bits per heavy atom. The van der Waals surface area contributed by atoms with Crippen LogP contribution in [-0.4, -0.2) is 66.6 Å². The van der Waals surface area contributed by atoms with E-state index in [9.17, 15) is 21.6 Å². The van der Waals surface area contributed by atoms with E-state index in [1.165, 1.54) is 6.07 Å². The van der Waals surface area contributed by atoms with Gasteiger partial charge in [0.05, 0.1) is 22.4 Å². The lowest BCUT2D eigenvalue weighted by Gasteiger charge is -2.22. The van der Waals surface area contributed by atoms with Crippen molar-refractivity contribution in [1.29, 1.82) is 0 Å². The average Bonchev–Trinajstić information content (AvgIpc) is 3.50. The summed E-state index contributed by atoms with van der Waals surface area (Å²) in [6.45, 7) is 3.73. The maximum Gasteiger partial charge on any atom is 0.318 e. The van der Waals surface area contributed by atoms with Crippen LogP contribution in [0, 0.1) is 6.92 Å². The molecule has 2 aliphatic rings. The van der Waals surface area contributed by atoms with E-state index in [0.717, 1.165) is 5.56 Å². The van der Waals surface area contributed by atoms with Gasteiger partial charge in [-0.2, -0.15) is 0 Å². The van der Waals surface area contributed by atoms with Crippen LogP contribution in [0.3, 0.4) is 0 Å². The Morgan fingerprint density at radius 3 is 2.67 bits per heavy atom. The number of H-pyrrole nitrogens is 1. The van der Waals surface area contributed by atoms with Crippen molar-refractivity contribution in [2.45, 2.75) is 66.9 Å². The predicted octanol–water partition coefficient (Wildman–Crippen LogP) is 1.85.